The van der Waals surface area contributed by atoms with E-state index in [0.29, 0.717) is 0 Å². The number of rotatable bonds is 10. The molecule has 173 valence electrons. The summed E-state index contributed by atoms with van der Waals surface area (Å²) < 4.78 is 0.247. The Bertz CT molecular complexity index is 1000. The Labute approximate surface area is 213 Å². The molecule has 0 aliphatic carbocycles. The van der Waals surface area contributed by atoms with Crippen molar-refractivity contribution in [2.75, 3.05) is 6.16 Å². The van der Waals surface area contributed by atoms with Crippen molar-refractivity contribution < 1.29 is 11.6 Å². The Balaban J connectivity index is 1.57. The molecule has 33 heavy (non-hydrogen) atoms. The van der Waals surface area contributed by atoms with Gasteiger partial charge in [-0.15, -0.1) is 0 Å². The summed E-state index contributed by atoms with van der Waals surface area (Å²) in [6.07, 6.45) is 3.27. The van der Waals surface area contributed by atoms with Gasteiger partial charge in [-0.25, -0.2) is 0 Å². The summed E-state index contributed by atoms with van der Waals surface area (Å²) in [6, 6.07) is 43.4. The zero-order valence-electron chi connectivity index (χ0n) is 18.2. The topological polar surface area (TPSA) is 0 Å². The van der Waals surface area contributed by atoms with E-state index in [4.69, 9.17) is 20.4 Å². The van der Waals surface area contributed by atoms with Gasteiger partial charge in [0.05, 0.1) is 0 Å². The molecule has 0 nitrogen and oxygen atoms in total. The van der Waals surface area contributed by atoms with Gasteiger partial charge in [0.15, 0.2) is 0 Å². The van der Waals surface area contributed by atoms with Crippen molar-refractivity contribution in [3.63, 3.8) is 0 Å². The monoisotopic (exact) mass is 553 g/mol. The van der Waals surface area contributed by atoms with Crippen LogP contribution in [-0.2, 0) is 11.6 Å². The van der Waals surface area contributed by atoms with Crippen LogP contribution >= 0.6 is 36.2 Å². The summed E-state index contributed by atoms with van der Waals surface area (Å²) >= 11 is -0.858. The molecule has 4 aromatic rings. The summed E-state index contributed by atoms with van der Waals surface area (Å²) in [5.41, 5.74) is 0. The van der Waals surface area contributed by atoms with Gasteiger partial charge in [-0.2, -0.15) is 0 Å². The Hall–Kier alpha value is -1.19. The molecule has 0 heterocycles. The Kier molecular flexibility index (Phi) is 9.86. The molecule has 0 saturated heterocycles. The van der Waals surface area contributed by atoms with E-state index in [-0.39, 0.29) is 4.63 Å². The maximum absolute atomic E-state index is 6.72. The van der Waals surface area contributed by atoms with Crippen LogP contribution in [0.2, 0.25) is 0 Å². The van der Waals surface area contributed by atoms with E-state index in [9.17, 15) is 0 Å². The van der Waals surface area contributed by atoms with Crippen molar-refractivity contribution >= 4 is 57.4 Å². The van der Waals surface area contributed by atoms with E-state index in [2.05, 4.69) is 121 Å². The van der Waals surface area contributed by atoms with Gasteiger partial charge in [0.1, 0.15) is 0 Å². The van der Waals surface area contributed by atoms with Crippen LogP contribution in [0.15, 0.2) is 121 Å². The number of benzene rings is 4. The van der Waals surface area contributed by atoms with Crippen LogP contribution in [0, 0.1) is 0 Å². The fourth-order valence-corrected chi connectivity index (χ4v) is 12.7. The first-order chi connectivity index (χ1) is 16.2. The summed E-state index contributed by atoms with van der Waals surface area (Å²) in [5.74, 6) is 0. The van der Waals surface area contributed by atoms with Crippen molar-refractivity contribution in [3.8, 4) is 0 Å². The standard InChI is InChI=1S/C28H27P2.2ClH.Ni/c1-5-15-25(16-6-1)29(26-17-7-2-8-18-26)23-13-14-24-30(27-19-9-3-10-20-27)28-21-11-4-12-22-28;;;/h1-12,15-23H,13-14,24H2;2*1H;/q;;;+2/p-2. The van der Waals surface area contributed by atoms with Crippen molar-refractivity contribution in [2.24, 2.45) is 0 Å². The van der Waals surface area contributed by atoms with Crippen LogP contribution in [0.3, 0.4) is 0 Å². The number of halogens is 2. The molecule has 0 amide bonds. The second kappa shape index (κ2) is 13.0. The van der Waals surface area contributed by atoms with E-state index in [1.165, 1.54) is 21.2 Å². The third kappa shape index (κ3) is 6.92. The Morgan fingerprint density at radius 2 is 0.909 bits per heavy atom. The van der Waals surface area contributed by atoms with E-state index >= 15 is 0 Å². The van der Waals surface area contributed by atoms with Crippen molar-refractivity contribution in [3.05, 3.63) is 121 Å². The van der Waals surface area contributed by atoms with E-state index < -0.39 is 27.5 Å². The zero-order chi connectivity index (χ0) is 22.9. The first-order valence-corrected chi connectivity index (χ1v) is 17.2. The van der Waals surface area contributed by atoms with E-state index in [1.54, 1.807) is 0 Å². The molecule has 5 heteroatoms. The van der Waals surface area contributed by atoms with Crippen LogP contribution in [0.25, 0.3) is 0 Å². The molecule has 4 aromatic carbocycles. The minimum absolute atomic E-state index is 0.247. The second-order valence-electron chi connectivity index (χ2n) is 7.58. The van der Waals surface area contributed by atoms with Gasteiger partial charge >= 0.3 is 214 Å². The van der Waals surface area contributed by atoms with Crippen LogP contribution in [0.5, 0.6) is 0 Å². The summed E-state index contributed by atoms with van der Waals surface area (Å²) in [7, 11) is 12.4. The average molecular weight is 555 g/mol. The van der Waals surface area contributed by atoms with Crippen LogP contribution in [0.4, 0.5) is 0 Å². The fraction of sp³-hybridized carbons (Fsp3) is 0.143. The normalized spacial score (nSPS) is 12.7. The summed E-state index contributed by atoms with van der Waals surface area (Å²) in [5, 5.41) is 5.56. The minimum atomic E-state index is -0.858. The van der Waals surface area contributed by atoms with Gasteiger partial charge in [0.25, 0.3) is 0 Å². The molecule has 0 radical (unpaired) electrons. The third-order valence-corrected chi connectivity index (χ3v) is 14.9. The Morgan fingerprint density at radius 3 is 1.27 bits per heavy atom. The first kappa shape index (κ1) is 24.9. The van der Waals surface area contributed by atoms with Gasteiger partial charge in [-0.05, 0) is 0 Å². The molecule has 0 bridgehead atoms. The van der Waals surface area contributed by atoms with Crippen LogP contribution < -0.4 is 21.2 Å². The van der Waals surface area contributed by atoms with Gasteiger partial charge in [-0.3, -0.25) is 0 Å². The molecule has 1 unspecified atom stereocenters. The van der Waals surface area contributed by atoms with E-state index in [1.807, 2.05) is 0 Å². The average Bonchev–Trinajstić information content (AvgIpc) is 2.88. The predicted octanol–water partition coefficient (Wildman–Crippen LogP) is 7.28. The predicted molar refractivity (Wildman–Crippen MR) is 148 cm³/mol. The number of hydrogen-bond donors (Lipinski definition) is 0. The van der Waals surface area contributed by atoms with Gasteiger partial charge in [-0.1, -0.05) is 0 Å². The molecule has 0 aliphatic rings. The molecular weight excluding hydrogens is 528 g/mol. The molecule has 1 atom stereocenters. The quantitative estimate of drug-likeness (QED) is 0.143. The SMILES string of the molecule is [Cl][Ni]([Cl])[CH](CCCP(c1ccccc1)c1ccccc1)P(c1ccccc1)c1ccccc1. The van der Waals surface area contributed by atoms with Gasteiger partial charge in [0.2, 0.25) is 0 Å². The summed E-state index contributed by atoms with van der Waals surface area (Å²) in [4.78, 5) is 0. The molecule has 0 N–H and O–H groups in total. The van der Waals surface area contributed by atoms with Crippen molar-refractivity contribution in [1.82, 2.24) is 0 Å². The molecule has 0 aromatic heterocycles. The number of hydrogen-bond acceptors (Lipinski definition) is 0. The second-order valence-corrected chi connectivity index (χ2v) is 16.6. The zero-order valence-corrected chi connectivity index (χ0v) is 22.5. The van der Waals surface area contributed by atoms with E-state index in [0.717, 1.165) is 19.0 Å². The molecule has 0 aliphatic heterocycles. The molecule has 0 spiro atoms. The fourth-order valence-electron chi connectivity index (χ4n) is 3.92. The first-order valence-electron chi connectivity index (χ1n) is 10.9. The molecule has 4 rings (SSSR count). The van der Waals surface area contributed by atoms with Gasteiger partial charge < -0.3 is 0 Å². The van der Waals surface area contributed by atoms with Crippen molar-refractivity contribution in [2.45, 2.75) is 17.5 Å². The van der Waals surface area contributed by atoms with Crippen LogP contribution in [0.1, 0.15) is 12.8 Å². The Morgan fingerprint density at radius 1 is 0.545 bits per heavy atom. The molecule has 0 fully saturated rings. The molecular formula is C28H27Cl2NiP2. The summed E-state index contributed by atoms with van der Waals surface area (Å²) in [6.45, 7) is 0. The van der Waals surface area contributed by atoms with Crippen molar-refractivity contribution in [1.29, 1.82) is 0 Å². The third-order valence-electron chi connectivity index (χ3n) is 5.43. The molecule has 0 saturated carbocycles. The van der Waals surface area contributed by atoms with Crippen LogP contribution in [-0.4, -0.2) is 10.8 Å². The van der Waals surface area contributed by atoms with Gasteiger partial charge in [0, 0.05) is 0 Å². The maximum atomic E-state index is 6.72.